The summed E-state index contributed by atoms with van der Waals surface area (Å²) in [5.74, 6) is -2.60. The highest BCUT2D eigenvalue weighted by Gasteiger charge is 2.15. The van der Waals surface area contributed by atoms with E-state index in [1.54, 1.807) is 0 Å². The minimum Gasteiger partial charge on any atom is -0.484 e. The lowest BCUT2D eigenvalue weighted by Gasteiger charge is -2.19. The van der Waals surface area contributed by atoms with E-state index < -0.39 is 48.3 Å². The molecule has 29 heavy (non-hydrogen) atoms. The van der Waals surface area contributed by atoms with Crippen molar-refractivity contribution in [2.45, 2.75) is 12.5 Å². The SMILES string of the molecule is O=C(O)/C=C\C(=O)O.[2H]c1c([2H])c([2H])c2c(OC(CCNC)c3cccs3)c([2H])c([2H])c([2H])c2c1[2H]. The number of benzene rings is 2. The summed E-state index contributed by atoms with van der Waals surface area (Å²) in [6.45, 7) is 0.635. The first-order valence-corrected chi connectivity index (χ1v) is 9.28. The van der Waals surface area contributed by atoms with Crippen LogP contribution in [0.2, 0.25) is 0 Å². The zero-order chi connectivity index (χ0) is 27.2. The predicted octanol–water partition coefficient (Wildman–Crippen LogP) is 4.34. The van der Waals surface area contributed by atoms with Gasteiger partial charge < -0.3 is 20.3 Å². The molecule has 0 radical (unpaired) electrons. The van der Waals surface area contributed by atoms with Gasteiger partial charge in [0.1, 0.15) is 11.9 Å². The summed E-state index contributed by atoms with van der Waals surface area (Å²) in [4.78, 5) is 20.0. The molecule has 0 fully saturated rings. The van der Waals surface area contributed by atoms with E-state index in [4.69, 9.17) is 24.5 Å². The Labute approximate surface area is 182 Å². The van der Waals surface area contributed by atoms with E-state index in [0.29, 0.717) is 25.1 Å². The fourth-order valence-electron chi connectivity index (χ4n) is 2.17. The number of rotatable bonds is 8. The van der Waals surface area contributed by atoms with Crippen molar-refractivity contribution in [2.24, 2.45) is 0 Å². The van der Waals surface area contributed by atoms with Crippen molar-refractivity contribution in [1.29, 1.82) is 0 Å². The van der Waals surface area contributed by atoms with Crippen LogP contribution in [-0.2, 0) is 9.59 Å². The number of carboxylic acid groups (broad SMARTS) is 2. The first-order chi connectivity index (χ1) is 16.9. The van der Waals surface area contributed by atoms with Crippen molar-refractivity contribution >= 4 is 34.0 Å². The Hall–Kier alpha value is -3.16. The van der Waals surface area contributed by atoms with Gasteiger partial charge in [0, 0.05) is 28.8 Å². The highest BCUT2D eigenvalue weighted by Crippen LogP contribution is 2.32. The summed E-state index contributed by atoms with van der Waals surface area (Å²) in [6.07, 6.45) is 1.23. The molecule has 1 unspecified atom stereocenters. The lowest BCUT2D eigenvalue weighted by molar-refractivity contribution is -0.134. The maximum absolute atomic E-state index is 9.55. The molecule has 1 aromatic heterocycles. The average molecular weight is 421 g/mol. The number of aliphatic carboxylic acids is 2. The number of ether oxygens (including phenoxy) is 1. The van der Waals surface area contributed by atoms with Crippen LogP contribution in [0.25, 0.3) is 10.8 Å². The zero-order valence-corrected chi connectivity index (χ0v) is 16.2. The Balaban J connectivity index is 0.000000493. The molecule has 0 bridgehead atoms. The summed E-state index contributed by atoms with van der Waals surface area (Å²) in [7, 11) is 1.81. The van der Waals surface area contributed by atoms with Crippen LogP contribution >= 0.6 is 11.3 Å². The van der Waals surface area contributed by atoms with Gasteiger partial charge in [0.15, 0.2) is 0 Å². The molecule has 3 aromatic rings. The van der Waals surface area contributed by atoms with Crippen LogP contribution in [0.1, 0.15) is 27.0 Å². The molecule has 0 aliphatic carbocycles. The molecule has 0 aliphatic heterocycles. The van der Waals surface area contributed by atoms with E-state index in [9.17, 15) is 9.59 Å². The molecule has 0 amide bonds. The summed E-state index contributed by atoms with van der Waals surface area (Å²) < 4.78 is 62.9. The third kappa shape index (κ3) is 7.40. The third-order valence-electron chi connectivity index (χ3n) is 3.42. The Morgan fingerprint density at radius 3 is 2.48 bits per heavy atom. The third-order valence-corrected chi connectivity index (χ3v) is 4.39. The highest BCUT2D eigenvalue weighted by molar-refractivity contribution is 7.10. The van der Waals surface area contributed by atoms with Crippen molar-refractivity contribution in [2.75, 3.05) is 13.6 Å². The van der Waals surface area contributed by atoms with Gasteiger partial charge in [0.2, 0.25) is 0 Å². The Morgan fingerprint density at radius 1 is 1.17 bits per heavy atom. The Kier molecular flexibility index (Phi) is 5.58. The van der Waals surface area contributed by atoms with Crippen molar-refractivity contribution in [1.82, 2.24) is 5.32 Å². The number of hydrogen-bond donors (Lipinski definition) is 3. The molecule has 2 aromatic carbocycles. The van der Waals surface area contributed by atoms with Gasteiger partial charge in [-0.1, -0.05) is 42.3 Å². The van der Waals surface area contributed by atoms with Gasteiger partial charge in [-0.25, -0.2) is 9.59 Å². The molecule has 3 rings (SSSR count). The molecule has 6 nitrogen and oxygen atoms in total. The Bertz CT molecular complexity index is 1270. The Morgan fingerprint density at radius 2 is 1.86 bits per heavy atom. The number of carbonyl (C=O) groups is 2. The van der Waals surface area contributed by atoms with Gasteiger partial charge >= 0.3 is 11.9 Å². The number of carboxylic acids is 2. The molecule has 3 N–H and O–H groups in total. The van der Waals surface area contributed by atoms with Crippen molar-refractivity contribution in [3.8, 4) is 5.75 Å². The van der Waals surface area contributed by atoms with Crippen LogP contribution in [0.15, 0.2) is 72.0 Å². The van der Waals surface area contributed by atoms with Crippen molar-refractivity contribution < 1.29 is 34.1 Å². The standard InChI is InChI=1S/C18H19NOS.C4H4O4/c1-19-12-11-17(18-10-5-13-21-18)20-16-9-4-7-14-6-2-3-8-15(14)16;5-3(6)1-2-4(7)8/h2-10,13,17,19H,11-12H2,1H3;1-2H,(H,5,6)(H,7,8)/b;2-1-/i2D,3D,4D,6D,7D,8D,9D;. The van der Waals surface area contributed by atoms with E-state index in [1.165, 1.54) is 11.3 Å². The van der Waals surface area contributed by atoms with Crippen LogP contribution in [0, 0.1) is 0 Å². The van der Waals surface area contributed by atoms with Crippen LogP contribution in [0.4, 0.5) is 0 Å². The topological polar surface area (TPSA) is 95.9 Å². The molecule has 0 saturated carbocycles. The average Bonchev–Trinajstić information content (AvgIpc) is 3.37. The highest BCUT2D eigenvalue weighted by atomic mass is 32.1. The molecule has 7 heteroatoms. The smallest absolute Gasteiger partial charge is 0.328 e. The number of nitrogens with one attached hydrogen (secondary N) is 1. The summed E-state index contributed by atoms with van der Waals surface area (Å²) in [5, 5.41) is 20.4. The van der Waals surface area contributed by atoms with E-state index in [2.05, 4.69) is 5.32 Å². The number of fused-ring (bicyclic) bond motifs is 1. The summed E-state index contributed by atoms with van der Waals surface area (Å²) in [5.41, 5.74) is 0. The van der Waals surface area contributed by atoms with Crippen LogP contribution < -0.4 is 10.1 Å². The van der Waals surface area contributed by atoms with Crippen LogP contribution in [0.3, 0.4) is 0 Å². The second-order valence-electron chi connectivity index (χ2n) is 5.48. The van der Waals surface area contributed by atoms with Gasteiger partial charge in [-0.15, -0.1) is 11.3 Å². The molecule has 0 saturated heterocycles. The van der Waals surface area contributed by atoms with Gasteiger partial charge in [-0.3, -0.25) is 0 Å². The van der Waals surface area contributed by atoms with Crippen molar-refractivity contribution in [3.63, 3.8) is 0 Å². The van der Waals surface area contributed by atoms with Gasteiger partial charge in [-0.2, -0.15) is 0 Å². The van der Waals surface area contributed by atoms with E-state index in [0.717, 1.165) is 4.88 Å². The quantitative estimate of drug-likeness (QED) is 0.469. The fourth-order valence-corrected chi connectivity index (χ4v) is 2.96. The maximum atomic E-state index is 9.55. The van der Waals surface area contributed by atoms with E-state index in [1.807, 2.05) is 24.6 Å². The predicted molar refractivity (Wildman–Crippen MR) is 115 cm³/mol. The van der Waals surface area contributed by atoms with Crippen molar-refractivity contribution in [3.05, 3.63) is 76.8 Å². The lowest BCUT2D eigenvalue weighted by Crippen LogP contribution is -2.15. The zero-order valence-electron chi connectivity index (χ0n) is 22.4. The summed E-state index contributed by atoms with van der Waals surface area (Å²) >= 11 is 1.48. The van der Waals surface area contributed by atoms with Gasteiger partial charge in [-0.05, 0) is 36.5 Å². The second kappa shape index (κ2) is 11.6. The first-order valence-electron chi connectivity index (χ1n) is 11.9. The molecular weight excluding hydrogens is 390 g/mol. The minimum atomic E-state index is -1.26. The van der Waals surface area contributed by atoms with E-state index >= 15 is 0 Å². The van der Waals surface area contributed by atoms with E-state index in [-0.39, 0.29) is 28.6 Å². The lowest BCUT2D eigenvalue weighted by atomic mass is 10.1. The molecule has 0 spiro atoms. The van der Waals surface area contributed by atoms with Crippen LogP contribution in [0.5, 0.6) is 5.75 Å². The molecular formula is C22H23NO5S. The molecule has 1 heterocycles. The first kappa shape index (κ1) is 13.9. The minimum absolute atomic E-state index is 0.0250. The number of hydrogen-bond acceptors (Lipinski definition) is 5. The second-order valence-corrected chi connectivity index (χ2v) is 6.46. The maximum Gasteiger partial charge on any atom is 0.328 e. The fraction of sp³-hybridized carbons (Fsp3) is 0.182. The van der Waals surface area contributed by atoms with Crippen LogP contribution in [-0.4, -0.2) is 35.7 Å². The monoisotopic (exact) mass is 420 g/mol. The number of thiophene rings is 1. The normalized spacial score (nSPS) is 15.0. The largest absolute Gasteiger partial charge is 0.484 e. The summed E-state index contributed by atoms with van der Waals surface area (Å²) in [6, 6.07) is 0.897. The molecule has 0 aliphatic rings. The molecule has 1 atom stereocenters. The van der Waals surface area contributed by atoms with Gasteiger partial charge in [0.05, 0.1) is 9.60 Å². The molecule has 152 valence electrons. The van der Waals surface area contributed by atoms with Gasteiger partial charge in [0.25, 0.3) is 0 Å².